The van der Waals surface area contributed by atoms with E-state index in [0.29, 0.717) is 0 Å². The van der Waals surface area contributed by atoms with Gasteiger partial charge in [-0.3, -0.25) is 4.79 Å². The Morgan fingerprint density at radius 1 is 1.33 bits per heavy atom. The number of halogens is 1. The van der Waals surface area contributed by atoms with Crippen LogP contribution in [0.15, 0.2) is 35.6 Å². The number of aliphatic hydroxyl groups is 1. The van der Waals surface area contributed by atoms with Gasteiger partial charge in [0.2, 0.25) is 0 Å². The zero-order chi connectivity index (χ0) is 19.3. The third-order valence-electron chi connectivity index (χ3n) is 6.73. The normalized spacial score (nSPS) is 32.0. The van der Waals surface area contributed by atoms with Gasteiger partial charge in [0.05, 0.1) is 12.1 Å². The summed E-state index contributed by atoms with van der Waals surface area (Å²) in [5.74, 6) is -1.43. The molecule has 0 saturated heterocycles. The van der Waals surface area contributed by atoms with Crippen LogP contribution in [0.25, 0.3) is 0 Å². The maximum absolute atomic E-state index is 13.3. The maximum Gasteiger partial charge on any atom is 0.347 e. The first kappa shape index (κ1) is 18.0. The topological polar surface area (TPSA) is 66.8 Å². The Morgan fingerprint density at radius 3 is 2.70 bits per heavy atom. The van der Waals surface area contributed by atoms with Crippen molar-refractivity contribution in [1.29, 1.82) is 0 Å². The van der Waals surface area contributed by atoms with Gasteiger partial charge in [-0.1, -0.05) is 12.1 Å². The van der Waals surface area contributed by atoms with Gasteiger partial charge >= 0.3 is 5.97 Å². The van der Waals surface area contributed by atoms with Gasteiger partial charge in [0.15, 0.2) is 5.57 Å². The van der Waals surface area contributed by atoms with E-state index < -0.39 is 17.4 Å². The first-order chi connectivity index (χ1) is 12.9. The fraction of sp³-hybridized carbons (Fsp3) is 0.524. The van der Waals surface area contributed by atoms with Crippen LogP contribution in [0.3, 0.4) is 0 Å². The van der Waals surface area contributed by atoms with Gasteiger partial charge in [-0.15, -0.1) is 0 Å². The summed E-state index contributed by atoms with van der Waals surface area (Å²) in [6.45, 7) is 4.09. The molecule has 1 heterocycles. The summed E-state index contributed by atoms with van der Waals surface area (Å²) in [5, 5.41) is 10.9. The molecule has 0 spiro atoms. The Kier molecular flexibility index (Phi) is 4.24. The summed E-state index contributed by atoms with van der Waals surface area (Å²) in [6.07, 6.45) is 2.94. The lowest BCUT2D eigenvalue weighted by Gasteiger charge is -2.51. The number of aliphatic hydroxyl groups excluding tert-OH is 1. The Labute approximate surface area is 157 Å². The highest BCUT2D eigenvalue weighted by atomic mass is 19.1. The van der Waals surface area contributed by atoms with Crippen molar-refractivity contribution in [3.63, 3.8) is 0 Å². The van der Waals surface area contributed by atoms with Crippen LogP contribution in [0.1, 0.15) is 38.7 Å². The third kappa shape index (κ3) is 2.57. The fourth-order valence-corrected chi connectivity index (χ4v) is 5.50. The fourth-order valence-electron chi connectivity index (χ4n) is 5.50. The molecule has 1 amide bonds. The van der Waals surface area contributed by atoms with Crippen LogP contribution < -0.4 is 0 Å². The molecule has 1 aromatic rings. The highest BCUT2D eigenvalue weighted by molar-refractivity contribution is 6.17. The molecule has 1 unspecified atom stereocenters. The number of esters is 1. The minimum atomic E-state index is -0.770. The number of carbonyl (C=O) groups excluding carboxylic acids is 2. The molecule has 27 heavy (non-hydrogen) atoms. The molecule has 2 saturated carbocycles. The second kappa shape index (κ2) is 6.36. The average molecular weight is 373 g/mol. The largest absolute Gasteiger partial charge is 0.511 e. The number of hydrogen-bond donors (Lipinski definition) is 1. The molecule has 4 rings (SSSR count). The van der Waals surface area contributed by atoms with Crippen LogP contribution in [0.5, 0.6) is 0 Å². The second-order valence-electron chi connectivity index (χ2n) is 7.97. The molecule has 3 aliphatic rings. The van der Waals surface area contributed by atoms with Gasteiger partial charge in [-0.25, -0.2) is 9.18 Å². The Hall–Kier alpha value is -2.37. The molecule has 6 heteroatoms. The number of amides is 1. The second-order valence-corrected chi connectivity index (χ2v) is 7.97. The standard InChI is InChI=1S/C21H24FNO4/c1-3-27-20(26)16-18(24)17-13-6-7-14(10-13)21(17,2)23(19(16)25)11-12-4-8-15(22)9-5-12/h4-5,8-9,13-14,17,24H,3,6-7,10-11H2,1-2H3/t13?,14-,17+,21+/m1/s1. The Balaban J connectivity index is 1.78. The van der Waals surface area contributed by atoms with E-state index in [1.54, 1.807) is 24.0 Å². The SMILES string of the molecule is CCOC(=O)C1=C(O)[C@@H]2C3CC[C@H](C3)[C@]2(C)N(Cc2ccc(F)cc2)C1=O. The number of ether oxygens (including phenoxy) is 1. The van der Waals surface area contributed by atoms with Crippen LogP contribution in [0, 0.1) is 23.6 Å². The molecular weight excluding hydrogens is 349 g/mol. The molecule has 1 N–H and O–H groups in total. The highest BCUT2D eigenvalue weighted by Gasteiger charge is 2.64. The van der Waals surface area contributed by atoms with Crippen LogP contribution in [-0.4, -0.2) is 34.0 Å². The van der Waals surface area contributed by atoms with E-state index in [-0.39, 0.29) is 48.1 Å². The van der Waals surface area contributed by atoms with Gasteiger partial charge < -0.3 is 14.7 Å². The molecule has 2 fully saturated rings. The third-order valence-corrected chi connectivity index (χ3v) is 6.73. The Bertz CT molecular complexity index is 818. The van der Waals surface area contributed by atoms with Crippen LogP contribution in [-0.2, 0) is 20.9 Å². The zero-order valence-corrected chi connectivity index (χ0v) is 15.6. The molecule has 4 atom stereocenters. The molecule has 1 aliphatic heterocycles. The van der Waals surface area contributed by atoms with E-state index >= 15 is 0 Å². The van der Waals surface area contributed by atoms with E-state index in [4.69, 9.17) is 4.74 Å². The van der Waals surface area contributed by atoms with Crippen molar-refractivity contribution in [2.75, 3.05) is 6.61 Å². The molecule has 1 aromatic carbocycles. The summed E-state index contributed by atoms with van der Waals surface area (Å²) in [6, 6.07) is 6.03. The van der Waals surface area contributed by atoms with Crippen molar-refractivity contribution >= 4 is 11.9 Å². The molecule has 5 nitrogen and oxygen atoms in total. The molecule has 144 valence electrons. The number of benzene rings is 1. The molecule has 0 aromatic heterocycles. The van der Waals surface area contributed by atoms with Gasteiger partial charge in [-0.05, 0) is 62.6 Å². The minimum absolute atomic E-state index is 0.108. The van der Waals surface area contributed by atoms with Gasteiger partial charge in [-0.2, -0.15) is 0 Å². The monoisotopic (exact) mass is 373 g/mol. The van der Waals surface area contributed by atoms with Gasteiger partial charge in [0, 0.05) is 12.5 Å². The first-order valence-corrected chi connectivity index (χ1v) is 9.54. The van der Waals surface area contributed by atoms with E-state index in [9.17, 15) is 19.1 Å². The van der Waals surface area contributed by atoms with Crippen molar-refractivity contribution in [3.8, 4) is 0 Å². The number of fused-ring (bicyclic) bond motifs is 5. The van der Waals surface area contributed by atoms with Crippen molar-refractivity contribution in [2.24, 2.45) is 17.8 Å². The van der Waals surface area contributed by atoms with Crippen LogP contribution >= 0.6 is 0 Å². The van der Waals surface area contributed by atoms with Gasteiger partial charge in [0.1, 0.15) is 11.6 Å². The lowest BCUT2D eigenvalue weighted by molar-refractivity contribution is -0.150. The van der Waals surface area contributed by atoms with E-state index in [1.807, 2.05) is 6.92 Å². The number of nitrogens with zero attached hydrogens (tertiary/aromatic N) is 1. The van der Waals surface area contributed by atoms with E-state index in [2.05, 4.69) is 0 Å². The van der Waals surface area contributed by atoms with Crippen molar-refractivity contribution in [2.45, 2.75) is 45.2 Å². The number of carbonyl (C=O) groups is 2. The first-order valence-electron chi connectivity index (χ1n) is 9.54. The summed E-state index contributed by atoms with van der Waals surface area (Å²) < 4.78 is 18.3. The molecular formula is C21H24FNO4. The average Bonchev–Trinajstić information content (AvgIpc) is 3.20. The van der Waals surface area contributed by atoms with Crippen LogP contribution in [0.4, 0.5) is 4.39 Å². The van der Waals surface area contributed by atoms with Crippen LogP contribution in [0.2, 0.25) is 0 Å². The van der Waals surface area contributed by atoms with Crippen molar-refractivity contribution in [3.05, 3.63) is 47.0 Å². The van der Waals surface area contributed by atoms with E-state index in [0.717, 1.165) is 24.8 Å². The highest BCUT2D eigenvalue weighted by Crippen LogP contribution is 2.61. The van der Waals surface area contributed by atoms with Gasteiger partial charge in [0.25, 0.3) is 5.91 Å². The summed E-state index contributed by atoms with van der Waals surface area (Å²) in [7, 11) is 0. The quantitative estimate of drug-likeness (QED) is 0.649. The molecule has 0 radical (unpaired) electrons. The predicted molar refractivity (Wildman–Crippen MR) is 96.0 cm³/mol. The summed E-state index contributed by atoms with van der Waals surface area (Å²) in [4.78, 5) is 27.4. The zero-order valence-electron chi connectivity index (χ0n) is 15.6. The molecule has 2 aliphatic carbocycles. The van der Waals surface area contributed by atoms with E-state index in [1.165, 1.54) is 12.1 Å². The minimum Gasteiger partial charge on any atom is -0.511 e. The number of hydrogen-bond acceptors (Lipinski definition) is 4. The summed E-state index contributed by atoms with van der Waals surface area (Å²) in [5.41, 5.74) is 0.000141. The lowest BCUT2D eigenvalue weighted by Crippen LogP contribution is -2.61. The molecule has 2 bridgehead atoms. The Morgan fingerprint density at radius 2 is 2.04 bits per heavy atom. The summed E-state index contributed by atoms with van der Waals surface area (Å²) >= 11 is 0. The lowest BCUT2D eigenvalue weighted by atomic mass is 9.68. The smallest absolute Gasteiger partial charge is 0.347 e. The number of rotatable bonds is 4. The maximum atomic E-state index is 13.3. The predicted octanol–water partition coefficient (Wildman–Crippen LogP) is 3.35. The van der Waals surface area contributed by atoms with Crippen molar-refractivity contribution < 1.29 is 23.8 Å². The van der Waals surface area contributed by atoms with Crippen molar-refractivity contribution in [1.82, 2.24) is 4.90 Å².